The smallest absolute Gasteiger partial charge is 0.319 e. The minimum atomic E-state index is -1.17. The van der Waals surface area contributed by atoms with Crippen LogP contribution in [0.5, 0.6) is 0 Å². The van der Waals surface area contributed by atoms with Crippen molar-refractivity contribution in [3.63, 3.8) is 0 Å². The molecule has 1 aromatic rings. The number of rotatable bonds is 5. The van der Waals surface area contributed by atoms with Gasteiger partial charge in [0.05, 0.1) is 4.92 Å². The number of nitro benzene ring substituents is 1. The maximum Gasteiger partial charge on any atom is 0.325 e. The summed E-state index contributed by atoms with van der Waals surface area (Å²) in [6, 6.07) is 5.49. The van der Waals surface area contributed by atoms with Crippen molar-refractivity contribution in [2.24, 2.45) is 23.2 Å². The lowest BCUT2D eigenvalue weighted by molar-refractivity contribution is -0.384. The van der Waals surface area contributed by atoms with Gasteiger partial charge in [0, 0.05) is 18.7 Å². The molecule has 4 bridgehead atoms. The molecular weight excluding hydrogens is 370 g/mol. The monoisotopic (exact) mass is 397 g/mol. The first kappa shape index (κ1) is 18.6. The fraction of sp³-hybridized carbons (Fsp3) is 0.636. The maximum atomic E-state index is 13.2. The molecule has 4 aliphatic carbocycles. The molecule has 154 valence electrons. The Hall–Kier alpha value is -2.44. The average Bonchev–Trinajstić information content (AvgIpc) is 2.88. The number of nitrogens with one attached hydrogen (secondary N) is 1. The molecule has 1 unspecified atom stereocenters. The summed E-state index contributed by atoms with van der Waals surface area (Å²) in [6.07, 6.45) is 8.78. The molecule has 7 heteroatoms. The predicted octanol–water partition coefficient (Wildman–Crippen LogP) is 3.97. The Labute approximate surface area is 170 Å². The number of hydrogen-bond acceptors (Lipinski definition) is 4. The fourth-order valence-electron chi connectivity index (χ4n) is 6.96. The zero-order valence-corrected chi connectivity index (χ0v) is 16.7. The number of carbonyl (C=O) groups is 2. The Morgan fingerprint density at radius 3 is 2.14 bits per heavy atom. The third-order valence-electron chi connectivity index (χ3n) is 7.96. The number of nitrogens with zero attached hydrogens (tertiary/aromatic N) is 2. The molecule has 5 fully saturated rings. The first-order chi connectivity index (χ1) is 13.8. The Bertz CT molecular complexity index is 845. The second kappa shape index (κ2) is 6.28. The quantitative estimate of drug-likeness (QED) is 0.462. The standard InChI is InChI=1S/C22H27N3O4/c1-21(17-2-4-18(5-3-17)25(28)29)19(26)24(20(27)23-21)7-6-22-11-14-8-15(12-22)10-16(9-14)13-22/h2-5,14-16H,6-13H2,1H3,(H,23,27). The number of carbonyl (C=O) groups excluding carboxylic acids is 2. The van der Waals surface area contributed by atoms with Gasteiger partial charge in [-0.25, -0.2) is 4.79 Å². The summed E-state index contributed by atoms with van der Waals surface area (Å²) < 4.78 is 0. The lowest BCUT2D eigenvalue weighted by Crippen LogP contribution is -2.48. The summed E-state index contributed by atoms with van der Waals surface area (Å²) in [7, 11) is 0. The van der Waals surface area contributed by atoms with Gasteiger partial charge in [-0.05, 0) is 92.7 Å². The Kier molecular flexibility index (Phi) is 4.02. The Morgan fingerprint density at radius 2 is 1.62 bits per heavy atom. The maximum absolute atomic E-state index is 13.2. The van der Waals surface area contributed by atoms with Crippen LogP contribution in [-0.4, -0.2) is 28.3 Å². The van der Waals surface area contributed by atoms with E-state index in [9.17, 15) is 19.7 Å². The van der Waals surface area contributed by atoms with E-state index in [-0.39, 0.29) is 17.6 Å². The highest BCUT2D eigenvalue weighted by Gasteiger charge is 2.53. The van der Waals surface area contributed by atoms with Crippen molar-refractivity contribution >= 4 is 17.6 Å². The van der Waals surface area contributed by atoms with Gasteiger partial charge in [-0.1, -0.05) is 0 Å². The second-order valence-corrected chi connectivity index (χ2v) is 9.98. The molecule has 3 amide bonds. The van der Waals surface area contributed by atoms with Crippen LogP contribution < -0.4 is 5.32 Å². The molecule has 29 heavy (non-hydrogen) atoms. The lowest BCUT2D eigenvalue weighted by atomic mass is 9.49. The van der Waals surface area contributed by atoms with Gasteiger partial charge in [0.25, 0.3) is 11.6 Å². The van der Waals surface area contributed by atoms with Crippen LogP contribution in [0.15, 0.2) is 24.3 Å². The molecule has 0 radical (unpaired) electrons. The van der Waals surface area contributed by atoms with Crippen LogP contribution in [0.2, 0.25) is 0 Å². The molecule has 1 aliphatic heterocycles. The number of imide groups is 1. The molecule has 1 aromatic carbocycles. The highest BCUT2D eigenvalue weighted by atomic mass is 16.6. The molecule has 0 aromatic heterocycles. The van der Waals surface area contributed by atoms with E-state index in [0.717, 1.165) is 24.2 Å². The van der Waals surface area contributed by atoms with E-state index in [4.69, 9.17) is 0 Å². The molecule has 1 N–H and O–H groups in total. The van der Waals surface area contributed by atoms with E-state index in [2.05, 4.69) is 5.32 Å². The summed E-state index contributed by atoms with van der Waals surface area (Å²) in [4.78, 5) is 37.6. The highest BCUT2D eigenvalue weighted by molar-refractivity contribution is 6.07. The van der Waals surface area contributed by atoms with Gasteiger partial charge < -0.3 is 5.32 Å². The normalized spacial score (nSPS) is 37.8. The Balaban J connectivity index is 1.31. The molecule has 1 saturated heterocycles. The van der Waals surface area contributed by atoms with Gasteiger partial charge in [-0.15, -0.1) is 0 Å². The number of non-ortho nitro benzene ring substituents is 1. The summed E-state index contributed by atoms with van der Waals surface area (Å²) in [6.45, 7) is 2.14. The molecule has 7 nitrogen and oxygen atoms in total. The summed E-state index contributed by atoms with van der Waals surface area (Å²) >= 11 is 0. The number of amides is 3. The average molecular weight is 397 g/mol. The van der Waals surface area contributed by atoms with Crippen molar-refractivity contribution in [2.75, 3.05) is 6.54 Å². The first-order valence-corrected chi connectivity index (χ1v) is 10.7. The van der Waals surface area contributed by atoms with Crippen LogP contribution in [0.25, 0.3) is 0 Å². The van der Waals surface area contributed by atoms with Gasteiger partial charge in [0.1, 0.15) is 5.54 Å². The fourth-order valence-corrected chi connectivity index (χ4v) is 6.96. The number of urea groups is 1. The summed E-state index contributed by atoms with van der Waals surface area (Å²) in [5.41, 5.74) is -0.332. The molecule has 1 atom stereocenters. The van der Waals surface area contributed by atoms with E-state index in [1.54, 1.807) is 19.1 Å². The second-order valence-electron chi connectivity index (χ2n) is 9.98. The van der Waals surface area contributed by atoms with Crippen molar-refractivity contribution in [3.05, 3.63) is 39.9 Å². The largest absolute Gasteiger partial charge is 0.325 e. The molecule has 4 saturated carbocycles. The molecule has 1 heterocycles. The van der Waals surface area contributed by atoms with Crippen molar-refractivity contribution < 1.29 is 14.5 Å². The van der Waals surface area contributed by atoms with Crippen molar-refractivity contribution in [2.45, 2.75) is 57.4 Å². The number of benzene rings is 1. The van der Waals surface area contributed by atoms with E-state index in [1.807, 2.05) is 0 Å². The third-order valence-corrected chi connectivity index (χ3v) is 7.96. The zero-order chi connectivity index (χ0) is 20.4. The van der Waals surface area contributed by atoms with Crippen LogP contribution in [0, 0.1) is 33.3 Å². The zero-order valence-electron chi connectivity index (χ0n) is 16.7. The van der Waals surface area contributed by atoms with Gasteiger partial charge in [-0.3, -0.25) is 19.8 Å². The van der Waals surface area contributed by atoms with Crippen LogP contribution in [-0.2, 0) is 10.3 Å². The van der Waals surface area contributed by atoms with Crippen molar-refractivity contribution in [3.8, 4) is 0 Å². The van der Waals surface area contributed by atoms with Crippen molar-refractivity contribution in [1.82, 2.24) is 10.2 Å². The molecule has 6 rings (SSSR count). The van der Waals surface area contributed by atoms with E-state index < -0.39 is 10.5 Å². The molecule has 5 aliphatic rings. The van der Waals surface area contributed by atoms with E-state index >= 15 is 0 Å². The summed E-state index contributed by atoms with van der Waals surface area (Å²) in [5, 5.41) is 13.7. The van der Waals surface area contributed by atoms with Crippen LogP contribution in [0.3, 0.4) is 0 Å². The third kappa shape index (κ3) is 2.93. The van der Waals surface area contributed by atoms with Gasteiger partial charge in [0.15, 0.2) is 0 Å². The van der Waals surface area contributed by atoms with Crippen LogP contribution >= 0.6 is 0 Å². The van der Waals surface area contributed by atoms with Gasteiger partial charge in [-0.2, -0.15) is 0 Å². The van der Waals surface area contributed by atoms with Crippen molar-refractivity contribution in [1.29, 1.82) is 0 Å². The minimum Gasteiger partial charge on any atom is -0.319 e. The lowest BCUT2D eigenvalue weighted by Gasteiger charge is -2.57. The van der Waals surface area contributed by atoms with Crippen LogP contribution in [0.1, 0.15) is 57.4 Å². The first-order valence-electron chi connectivity index (χ1n) is 10.7. The van der Waals surface area contributed by atoms with E-state index in [0.29, 0.717) is 17.5 Å². The van der Waals surface area contributed by atoms with Gasteiger partial charge in [0.2, 0.25) is 0 Å². The SMILES string of the molecule is CC1(c2ccc([N+](=O)[O-])cc2)NC(=O)N(CCC23CC4CC(CC(C4)C2)C3)C1=O. The predicted molar refractivity (Wildman–Crippen MR) is 106 cm³/mol. The molecular formula is C22H27N3O4. The Morgan fingerprint density at radius 1 is 1.07 bits per heavy atom. The highest BCUT2D eigenvalue weighted by Crippen LogP contribution is 2.61. The van der Waals surface area contributed by atoms with Crippen LogP contribution in [0.4, 0.5) is 10.5 Å². The summed E-state index contributed by atoms with van der Waals surface area (Å²) in [5.74, 6) is 2.26. The number of hydrogen-bond donors (Lipinski definition) is 1. The molecule has 0 spiro atoms. The van der Waals surface area contributed by atoms with Gasteiger partial charge >= 0.3 is 6.03 Å². The topological polar surface area (TPSA) is 92.6 Å². The minimum absolute atomic E-state index is 0.0344. The number of nitro groups is 1. The van der Waals surface area contributed by atoms with E-state index in [1.165, 1.54) is 55.6 Å².